The lowest BCUT2D eigenvalue weighted by atomic mass is 10.1. The predicted octanol–water partition coefficient (Wildman–Crippen LogP) is 3.28. The standard InChI is InChI=1S/C15H17F3O5/c1-14(2,3)23-13(21)9-4-6-10(7-5-9)22-8-11(12(19)20)15(16,17)18/h4-7,11H,8H2,1-3H3,(H,19,20). The van der Waals surface area contributed by atoms with Crippen molar-refractivity contribution in [3.05, 3.63) is 29.8 Å². The number of halogens is 3. The minimum absolute atomic E-state index is 0.0211. The second-order valence-corrected chi connectivity index (χ2v) is 5.77. The number of carbonyl (C=O) groups excluding carboxylic acids is 1. The number of alkyl halides is 3. The third-order valence-electron chi connectivity index (χ3n) is 2.60. The van der Waals surface area contributed by atoms with Crippen LogP contribution in [0.15, 0.2) is 24.3 Å². The minimum atomic E-state index is -4.90. The lowest BCUT2D eigenvalue weighted by molar-refractivity contribution is -0.198. The molecular formula is C15H17F3O5. The second-order valence-electron chi connectivity index (χ2n) is 5.77. The van der Waals surface area contributed by atoms with Crippen LogP contribution in [0.4, 0.5) is 13.2 Å². The fourth-order valence-corrected chi connectivity index (χ4v) is 1.51. The summed E-state index contributed by atoms with van der Waals surface area (Å²) < 4.78 is 47.4. The average molecular weight is 334 g/mol. The SMILES string of the molecule is CC(C)(C)OC(=O)c1ccc(OCC(C(=O)O)C(F)(F)F)cc1. The van der Waals surface area contributed by atoms with Crippen molar-refractivity contribution >= 4 is 11.9 Å². The van der Waals surface area contributed by atoms with E-state index in [1.807, 2.05) is 0 Å². The van der Waals surface area contributed by atoms with Gasteiger partial charge in [0.15, 0.2) is 5.92 Å². The van der Waals surface area contributed by atoms with Crippen LogP contribution in [0.25, 0.3) is 0 Å². The van der Waals surface area contributed by atoms with E-state index < -0.39 is 36.2 Å². The fraction of sp³-hybridized carbons (Fsp3) is 0.467. The minimum Gasteiger partial charge on any atom is -0.492 e. The molecular weight excluding hydrogens is 317 g/mol. The molecule has 0 aliphatic rings. The fourth-order valence-electron chi connectivity index (χ4n) is 1.51. The summed E-state index contributed by atoms with van der Waals surface area (Å²) in [6.45, 7) is 4.05. The molecule has 1 N–H and O–H groups in total. The Balaban J connectivity index is 2.71. The van der Waals surface area contributed by atoms with Gasteiger partial charge >= 0.3 is 18.1 Å². The van der Waals surface area contributed by atoms with Crippen LogP contribution in [-0.2, 0) is 9.53 Å². The lowest BCUT2D eigenvalue weighted by Gasteiger charge is -2.19. The Hall–Kier alpha value is -2.25. The van der Waals surface area contributed by atoms with E-state index in [0.717, 1.165) is 0 Å². The number of esters is 1. The quantitative estimate of drug-likeness (QED) is 0.837. The highest BCUT2D eigenvalue weighted by molar-refractivity contribution is 5.89. The Labute approximate surface area is 131 Å². The van der Waals surface area contributed by atoms with E-state index in [9.17, 15) is 22.8 Å². The van der Waals surface area contributed by atoms with Gasteiger partial charge in [-0.25, -0.2) is 4.79 Å². The van der Waals surface area contributed by atoms with E-state index in [-0.39, 0.29) is 11.3 Å². The number of benzene rings is 1. The van der Waals surface area contributed by atoms with Gasteiger partial charge in [-0.2, -0.15) is 13.2 Å². The van der Waals surface area contributed by atoms with Crippen LogP contribution in [0.2, 0.25) is 0 Å². The Kier molecular flexibility index (Phi) is 5.63. The van der Waals surface area contributed by atoms with Crippen molar-refractivity contribution in [2.24, 2.45) is 5.92 Å². The number of aliphatic carboxylic acids is 1. The maximum atomic E-state index is 12.5. The highest BCUT2D eigenvalue weighted by Crippen LogP contribution is 2.27. The highest BCUT2D eigenvalue weighted by atomic mass is 19.4. The molecule has 128 valence electrons. The molecule has 1 atom stereocenters. The normalized spacial score (nSPS) is 13.3. The van der Waals surface area contributed by atoms with E-state index in [4.69, 9.17) is 14.6 Å². The molecule has 0 radical (unpaired) electrons. The van der Waals surface area contributed by atoms with Gasteiger partial charge in [0.1, 0.15) is 18.0 Å². The smallest absolute Gasteiger partial charge is 0.405 e. The topological polar surface area (TPSA) is 72.8 Å². The second kappa shape index (κ2) is 6.89. The first-order chi connectivity index (χ1) is 10.4. The van der Waals surface area contributed by atoms with Crippen LogP contribution in [0.5, 0.6) is 5.75 Å². The van der Waals surface area contributed by atoms with Crippen molar-refractivity contribution < 1.29 is 37.3 Å². The predicted molar refractivity (Wildman–Crippen MR) is 74.3 cm³/mol. The van der Waals surface area contributed by atoms with E-state index in [1.54, 1.807) is 20.8 Å². The van der Waals surface area contributed by atoms with E-state index in [0.29, 0.717) is 0 Å². The van der Waals surface area contributed by atoms with Crippen LogP contribution >= 0.6 is 0 Å². The number of rotatable bonds is 5. The van der Waals surface area contributed by atoms with Gasteiger partial charge in [0.2, 0.25) is 0 Å². The molecule has 1 unspecified atom stereocenters. The van der Waals surface area contributed by atoms with E-state index >= 15 is 0 Å². The van der Waals surface area contributed by atoms with Gasteiger partial charge in [-0.15, -0.1) is 0 Å². The number of carboxylic acid groups (broad SMARTS) is 1. The molecule has 23 heavy (non-hydrogen) atoms. The van der Waals surface area contributed by atoms with Crippen molar-refractivity contribution in [2.45, 2.75) is 32.5 Å². The van der Waals surface area contributed by atoms with Crippen LogP contribution in [0.3, 0.4) is 0 Å². The third-order valence-corrected chi connectivity index (χ3v) is 2.60. The Morgan fingerprint density at radius 2 is 1.65 bits per heavy atom. The molecule has 1 aromatic rings. The van der Waals surface area contributed by atoms with Crippen molar-refractivity contribution in [1.29, 1.82) is 0 Å². The molecule has 1 aromatic carbocycles. The summed E-state index contributed by atoms with van der Waals surface area (Å²) in [5.74, 6) is -5.19. The molecule has 0 heterocycles. The first-order valence-corrected chi connectivity index (χ1v) is 6.66. The van der Waals surface area contributed by atoms with Crippen LogP contribution in [-0.4, -0.2) is 35.4 Å². The summed E-state index contributed by atoms with van der Waals surface area (Å²) in [7, 11) is 0. The van der Waals surface area contributed by atoms with Crippen LogP contribution < -0.4 is 4.74 Å². The zero-order valence-corrected chi connectivity index (χ0v) is 12.8. The molecule has 0 saturated carbocycles. The summed E-state index contributed by atoms with van der Waals surface area (Å²) in [5, 5.41) is 8.55. The molecule has 1 rings (SSSR count). The van der Waals surface area contributed by atoms with Crippen LogP contribution in [0, 0.1) is 5.92 Å². The number of carboxylic acids is 1. The monoisotopic (exact) mass is 334 g/mol. The van der Waals surface area contributed by atoms with E-state index in [2.05, 4.69) is 0 Å². The Morgan fingerprint density at radius 1 is 1.13 bits per heavy atom. The highest BCUT2D eigenvalue weighted by Gasteiger charge is 2.45. The lowest BCUT2D eigenvalue weighted by Crippen LogP contribution is -2.35. The first kappa shape index (κ1) is 18.8. The molecule has 0 aliphatic carbocycles. The summed E-state index contributed by atoms with van der Waals surface area (Å²) >= 11 is 0. The van der Waals surface area contributed by atoms with E-state index in [1.165, 1.54) is 24.3 Å². The molecule has 5 nitrogen and oxygen atoms in total. The molecule has 8 heteroatoms. The maximum Gasteiger partial charge on any atom is 0.405 e. The molecule has 0 aliphatic heterocycles. The summed E-state index contributed by atoms with van der Waals surface area (Å²) in [6, 6.07) is 5.20. The molecule has 0 aromatic heterocycles. The number of carbonyl (C=O) groups is 2. The molecule has 0 bridgehead atoms. The summed E-state index contributed by atoms with van der Waals surface area (Å²) in [6.07, 6.45) is -4.90. The van der Waals surface area contributed by atoms with Gasteiger partial charge in [0.05, 0.1) is 5.56 Å². The number of hydrogen-bond donors (Lipinski definition) is 1. The van der Waals surface area contributed by atoms with Crippen molar-refractivity contribution in [1.82, 2.24) is 0 Å². The number of hydrogen-bond acceptors (Lipinski definition) is 4. The Morgan fingerprint density at radius 3 is 2.04 bits per heavy atom. The van der Waals surface area contributed by atoms with Crippen molar-refractivity contribution in [3.8, 4) is 5.75 Å². The van der Waals surface area contributed by atoms with Crippen molar-refractivity contribution in [2.75, 3.05) is 6.61 Å². The van der Waals surface area contributed by atoms with Gasteiger partial charge in [-0.05, 0) is 45.0 Å². The third kappa shape index (κ3) is 6.17. The van der Waals surface area contributed by atoms with Gasteiger partial charge < -0.3 is 14.6 Å². The van der Waals surface area contributed by atoms with Crippen molar-refractivity contribution in [3.63, 3.8) is 0 Å². The molecule has 0 fully saturated rings. The Bertz CT molecular complexity index is 558. The zero-order valence-electron chi connectivity index (χ0n) is 12.8. The maximum absolute atomic E-state index is 12.5. The largest absolute Gasteiger partial charge is 0.492 e. The first-order valence-electron chi connectivity index (χ1n) is 6.66. The van der Waals surface area contributed by atoms with Gasteiger partial charge in [-0.1, -0.05) is 0 Å². The average Bonchev–Trinajstić information content (AvgIpc) is 2.35. The zero-order chi connectivity index (χ0) is 17.8. The summed E-state index contributed by atoms with van der Waals surface area (Å²) in [5.41, 5.74) is -0.467. The van der Waals surface area contributed by atoms with Gasteiger partial charge in [0, 0.05) is 0 Å². The van der Waals surface area contributed by atoms with Crippen LogP contribution in [0.1, 0.15) is 31.1 Å². The van der Waals surface area contributed by atoms with Gasteiger partial charge in [0.25, 0.3) is 0 Å². The number of ether oxygens (including phenoxy) is 2. The summed E-state index contributed by atoms with van der Waals surface area (Å²) in [4.78, 5) is 22.4. The molecule has 0 saturated heterocycles. The van der Waals surface area contributed by atoms with Gasteiger partial charge in [-0.3, -0.25) is 4.79 Å². The molecule has 0 spiro atoms. The molecule has 0 amide bonds.